The van der Waals surface area contributed by atoms with E-state index in [9.17, 15) is 9.59 Å². The van der Waals surface area contributed by atoms with Crippen LogP contribution in [0.2, 0.25) is 0 Å². The fourth-order valence-corrected chi connectivity index (χ4v) is 3.12. The van der Waals surface area contributed by atoms with Gasteiger partial charge < -0.3 is 15.7 Å². The van der Waals surface area contributed by atoms with Gasteiger partial charge in [-0.05, 0) is 43.5 Å². The first-order valence-corrected chi connectivity index (χ1v) is 10.4. The van der Waals surface area contributed by atoms with Crippen LogP contribution >= 0.6 is 0 Å². The van der Waals surface area contributed by atoms with Crippen LogP contribution in [0.25, 0.3) is 11.7 Å². The Morgan fingerprint density at radius 2 is 2.07 bits per heavy atom. The van der Waals surface area contributed by atoms with Gasteiger partial charge in [0.05, 0.1) is 5.69 Å². The molecule has 29 heavy (non-hydrogen) atoms. The Morgan fingerprint density at radius 3 is 2.79 bits per heavy atom. The van der Waals surface area contributed by atoms with Crippen LogP contribution in [-0.2, 0) is 16.0 Å². The van der Waals surface area contributed by atoms with Crippen LogP contribution in [0.3, 0.4) is 0 Å². The lowest BCUT2D eigenvalue weighted by Crippen LogP contribution is -2.25. The predicted molar refractivity (Wildman–Crippen MR) is 116 cm³/mol. The van der Waals surface area contributed by atoms with Crippen LogP contribution in [0.15, 0.2) is 24.4 Å². The normalized spacial score (nSPS) is 11.3. The number of hydrogen-bond acceptors (Lipinski definition) is 5. The van der Waals surface area contributed by atoms with Crippen LogP contribution in [0.4, 0.5) is 5.82 Å². The van der Waals surface area contributed by atoms with E-state index in [-0.39, 0.29) is 11.7 Å². The number of ketones is 1. The first-order chi connectivity index (χ1) is 14.1. The zero-order valence-corrected chi connectivity index (χ0v) is 17.4. The van der Waals surface area contributed by atoms with Gasteiger partial charge in [0.25, 0.3) is 0 Å². The molecule has 2 aromatic heterocycles. The minimum atomic E-state index is -0.496. The van der Waals surface area contributed by atoms with E-state index in [0.717, 1.165) is 35.6 Å². The quantitative estimate of drug-likeness (QED) is 0.355. The number of hydrogen-bond donors (Lipinski definition) is 3. The molecule has 3 N–H and O–H groups in total. The smallest absolute Gasteiger partial charge is 0.221 e. The number of nitrogens with zero attached hydrogens (tertiary/aromatic N) is 2. The lowest BCUT2D eigenvalue weighted by Gasteiger charge is -2.09. The van der Waals surface area contributed by atoms with Crippen LogP contribution in [0, 0.1) is 0 Å². The summed E-state index contributed by atoms with van der Waals surface area (Å²) < 4.78 is 1.98. The van der Waals surface area contributed by atoms with Crippen molar-refractivity contribution in [3.8, 4) is 0 Å². The van der Waals surface area contributed by atoms with Gasteiger partial charge in [0.1, 0.15) is 18.1 Å². The summed E-state index contributed by atoms with van der Waals surface area (Å²) in [4.78, 5) is 27.8. The minimum Gasteiger partial charge on any atom is -0.388 e. The number of aryl methyl sites for hydroxylation is 1. The average molecular weight is 401 g/mol. The first kappa shape index (κ1) is 22.6. The lowest BCUT2D eigenvalue weighted by molar-refractivity contribution is -0.120. The van der Waals surface area contributed by atoms with E-state index < -0.39 is 6.61 Å². The van der Waals surface area contributed by atoms with Crippen LogP contribution in [-0.4, -0.2) is 45.9 Å². The van der Waals surface area contributed by atoms with Crippen molar-refractivity contribution < 1.29 is 14.7 Å². The third-order valence-electron chi connectivity index (χ3n) is 4.63. The van der Waals surface area contributed by atoms with Crippen LogP contribution in [0.5, 0.6) is 0 Å². The van der Waals surface area contributed by atoms with Crippen molar-refractivity contribution in [1.82, 2.24) is 14.7 Å². The van der Waals surface area contributed by atoms with Gasteiger partial charge in [-0.3, -0.25) is 14.0 Å². The van der Waals surface area contributed by atoms with E-state index in [1.165, 1.54) is 25.3 Å². The Kier molecular flexibility index (Phi) is 9.37. The average Bonchev–Trinajstić information content (AvgIpc) is 3.06. The van der Waals surface area contributed by atoms with E-state index in [1.807, 2.05) is 29.7 Å². The molecular formula is C22H32N4O3. The number of carbonyl (C=O) groups excluding carboxylic acids is 2. The number of aliphatic hydroxyl groups excluding tert-OH is 1. The minimum absolute atomic E-state index is 0.0271. The molecule has 158 valence electrons. The highest BCUT2D eigenvalue weighted by Crippen LogP contribution is 2.22. The monoisotopic (exact) mass is 400 g/mol. The maximum atomic E-state index is 11.7. The summed E-state index contributed by atoms with van der Waals surface area (Å²) in [6.07, 6.45) is 10.9. The van der Waals surface area contributed by atoms with Crippen molar-refractivity contribution in [3.05, 3.63) is 35.7 Å². The molecule has 0 aliphatic carbocycles. The highest BCUT2D eigenvalue weighted by molar-refractivity contribution is 5.94. The number of amides is 1. The van der Waals surface area contributed by atoms with Crippen molar-refractivity contribution in [3.63, 3.8) is 0 Å². The number of anilines is 1. The highest BCUT2D eigenvalue weighted by atomic mass is 16.3. The van der Waals surface area contributed by atoms with E-state index in [0.29, 0.717) is 19.5 Å². The van der Waals surface area contributed by atoms with Crippen molar-refractivity contribution in [1.29, 1.82) is 0 Å². The third kappa shape index (κ3) is 7.02. The fourth-order valence-electron chi connectivity index (χ4n) is 3.12. The standard InChI is InChI=1S/C22H32N4O3/c1-3-5-6-7-8-19-22(24-13-11-21(29)23-4-2)26-14-12-17(15-20(26)25-19)9-10-18(28)16-27/h9-10,12,14-15,24,27H,3-8,11,13,16H2,1-2H3,(H,23,29)/b10-9+. The van der Waals surface area contributed by atoms with Gasteiger partial charge >= 0.3 is 0 Å². The molecule has 0 aliphatic rings. The molecule has 0 atom stereocenters. The van der Waals surface area contributed by atoms with Gasteiger partial charge in [0, 0.05) is 25.7 Å². The van der Waals surface area contributed by atoms with Gasteiger partial charge in [0.2, 0.25) is 5.91 Å². The topological polar surface area (TPSA) is 95.7 Å². The van der Waals surface area contributed by atoms with Crippen molar-refractivity contribution in [2.45, 2.75) is 52.4 Å². The van der Waals surface area contributed by atoms with Gasteiger partial charge in [0.15, 0.2) is 5.78 Å². The molecular weight excluding hydrogens is 368 g/mol. The molecule has 0 spiro atoms. The number of unbranched alkanes of at least 4 members (excludes halogenated alkanes) is 3. The molecule has 1 amide bonds. The molecule has 0 aliphatic heterocycles. The fraction of sp³-hybridized carbons (Fsp3) is 0.500. The SMILES string of the molecule is CCCCCCc1nc2cc(/C=C/C(=O)CO)ccn2c1NCCC(=O)NCC. The number of fused-ring (bicyclic) bond motifs is 1. The maximum absolute atomic E-state index is 11.7. The summed E-state index contributed by atoms with van der Waals surface area (Å²) in [5.41, 5.74) is 2.62. The summed E-state index contributed by atoms with van der Waals surface area (Å²) in [5.74, 6) is 0.611. The molecule has 7 nitrogen and oxygen atoms in total. The number of aliphatic hydroxyl groups is 1. The van der Waals surface area contributed by atoms with Crippen LogP contribution < -0.4 is 10.6 Å². The summed E-state index contributed by atoms with van der Waals surface area (Å²) in [7, 11) is 0. The number of carbonyl (C=O) groups is 2. The zero-order chi connectivity index (χ0) is 21.1. The summed E-state index contributed by atoms with van der Waals surface area (Å²) in [6.45, 7) is 4.77. The molecule has 0 saturated heterocycles. The molecule has 0 radical (unpaired) electrons. The number of imidazole rings is 1. The summed E-state index contributed by atoms with van der Waals surface area (Å²) >= 11 is 0. The molecule has 0 unspecified atom stereocenters. The van der Waals surface area contributed by atoms with Gasteiger partial charge in [-0.25, -0.2) is 4.98 Å². The zero-order valence-electron chi connectivity index (χ0n) is 17.4. The number of aromatic nitrogens is 2. The van der Waals surface area contributed by atoms with E-state index >= 15 is 0 Å². The van der Waals surface area contributed by atoms with Gasteiger partial charge in [-0.1, -0.05) is 32.3 Å². The predicted octanol–water partition coefficient (Wildman–Crippen LogP) is 2.97. The highest BCUT2D eigenvalue weighted by Gasteiger charge is 2.12. The molecule has 0 fully saturated rings. The van der Waals surface area contributed by atoms with E-state index in [1.54, 1.807) is 6.08 Å². The molecule has 7 heteroatoms. The molecule has 2 rings (SSSR count). The summed E-state index contributed by atoms with van der Waals surface area (Å²) in [5, 5.41) is 15.0. The second-order valence-electron chi connectivity index (χ2n) is 6.99. The number of pyridine rings is 1. The van der Waals surface area contributed by atoms with Crippen molar-refractivity contribution in [2.24, 2.45) is 0 Å². The maximum Gasteiger partial charge on any atom is 0.221 e. The Labute approximate surface area is 172 Å². The molecule has 2 heterocycles. The Bertz CT molecular complexity index is 842. The first-order valence-electron chi connectivity index (χ1n) is 10.4. The number of rotatable bonds is 13. The second kappa shape index (κ2) is 12.0. The lowest BCUT2D eigenvalue weighted by atomic mass is 10.1. The van der Waals surface area contributed by atoms with Gasteiger partial charge in [-0.2, -0.15) is 0 Å². The molecule has 0 saturated carbocycles. The molecule has 0 bridgehead atoms. The van der Waals surface area contributed by atoms with E-state index in [4.69, 9.17) is 10.1 Å². The Morgan fingerprint density at radius 1 is 1.24 bits per heavy atom. The summed E-state index contributed by atoms with van der Waals surface area (Å²) in [6, 6.07) is 3.80. The van der Waals surface area contributed by atoms with Crippen molar-refractivity contribution in [2.75, 3.05) is 25.0 Å². The van der Waals surface area contributed by atoms with Gasteiger partial charge in [-0.15, -0.1) is 0 Å². The van der Waals surface area contributed by atoms with E-state index in [2.05, 4.69) is 17.6 Å². The largest absolute Gasteiger partial charge is 0.388 e. The molecule has 2 aromatic rings. The Hall–Kier alpha value is -2.67. The van der Waals surface area contributed by atoms with Crippen LogP contribution in [0.1, 0.15) is 57.2 Å². The molecule has 0 aromatic carbocycles. The third-order valence-corrected chi connectivity index (χ3v) is 4.63. The number of nitrogens with one attached hydrogen (secondary N) is 2. The second-order valence-corrected chi connectivity index (χ2v) is 6.99. The Balaban J connectivity index is 2.20. The van der Waals surface area contributed by atoms with Crippen molar-refractivity contribution >= 4 is 29.2 Å².